The van der Waals surface area contributed by atoms with Gasteiger partial charge in [-0.3, -0.25) is 0 Å². The van der Waals surface area contributed by atoms with E-state index >= 15 is 0 Å². The minimum atomic E-state index is 0.390. The highest BCUT2D eigenvalue weighted by Crippen LogP contribution is 2.18. The van der Waals surface area contributed by atoms with Crippen LogP contribution in [0, 0.1) is 0 Å². The second kappa shape index (κ2) is 4.59. The van der Waals surface area contributed by atoms with Crippen LogP contribution in [-0.4, -0.2) is 9.55 Å². The molecule has 15 heavy (non-hydrogen) atoms. The summed E-state index contributed by atoms with van der Waals surface area (Å²) in [5.74, 6) is 1.07. The summed E-state index contributed by atoms with van der Waals surface area (Å²) >= 11 is 1.78. The lowest BCUT2D eigenvalue weighted by atomic mass is 10.3. The Hall–Kier alpha value is -1.13. The van der Waals surface area contributed by atoms with Crippen molar-refractivity contribution in [1.29, 1.82) is 0 Å². The van der Waals surface area contributed by atoms with Crippen molar-refractivity contribution in [1.82, 2.24) is 14.9 Å². The van der Waals surface area contributed by atoms with Crippen LogP contribution in [0.5, 0.6) is 0 Å². The number of aryl methyl sites for hydroxylation is 1. The molecule has 0 bridgehead atoms. The molecule has 2 aromatic rings. The van der Waals surface area contributed by atoms with Crippen LogP contribution in [0.25, 0.3) is 0 Å². The van der Waals surface area contributed by atoms with E-state index in [4.69, 9.17) is 0 Å². The van der Waals surface area contributed by atoms with Crippen molar-refractivity contribution in [3.63, 3.8) is 0 Å². The molecule has 0 aliphatic rings. The molecule has 0 radical (unpaired) electrons. The molecule has 0 saturated heterocycles. The lowest BCUT2D eigenvalue weighted by molar-refractivity contribution is 0.556. The van der Waals surface area contributed by atoms with Gasteiger partial charge in [0.15, 0.2) is 0 Å². The Labute approximate surface area is 93.8 Å². The molecule has 3 nitrogen and oxygen atoms in total. The highest BCUT2D eigenvalue weighted by Gasteiger charge is 2.06. The summed E-state index contributed by atoms with van der Waals surface area (Å²) in [6.07, 6.45) is 3.79. The first-order valence-electron chi connectivity index (χ1n) is 5.00. The van der Waals surface area contributed by atoms with Gasteiger partial charge >= 0.3 is 0 Å². The number of thiophene rings is 1. The molecule has 0 spiro atoms. The maximum Gasteiger partial charge on any atom is 0.122 e. The Morgan fingerprint density at radius 3 is 3.07 bits per heavy atom. The van der Waals surface area contributed by atoms with Crippen LogP contribution in [-0.2, 0) is 13.6 Å². The van der Waals surface area contributed by atoms with Crippen LogP contribution in [0.2, 0.25) is 0 Å². The third kappa shape index (κ3) is 2.46. The van der Waals surface area contributed by atoms with Crippen LogP contribution in [0.1, 0.15) is 23.7 Å². The third-order valence-corrected chi connectivity index (χ3v) is 3.51. The van der Waals surface area contributed by atoms with Crippen molar-refractivity contribution >= 4 is 11.3 Å². The maximum atomic E-state index is 4.27. The molecule has 1 atom stereocenters. The molecule has 0 unspecified atom stereocenters. The molecule has 2 rings (SSSR count). The molecule has 80 valence electrons. The van der Waals surface area contributed by atoms with Crippen LogP contribution >= 0.6 is 11.3 Å². The first kappa shape index (κ1) is 10.4. The lowest BCUT2D eigenvalue weighted by Gasteiger charge is -2.11. The number of hydrogen-bond donors (Lipinski definition) is 1. The summed E-state index contributed by atoms with van der Waals surface area (Å²) in [7, 11) is 2.01. The lowest BCUT2D eigenvalue weighted by Crippen LogP contribution is -2.19. The van der Waals surface area contributed by atoms with Gasteiger partial charge in [0.1, 0.15) is 5.82 Å². The number of nitrogens with one attached hydrogen (secondary N) is 1. The fourth-order valence-electron chi connectivity index (χ4n) is 1.45. The average Bonchev–Trinajstić information content (AvgIpc) is 2.85. The smallest absolute Gasteiger partial charge is 0.122 e. The molecular weight excluding hydrogens is 206 g/mol. The van der Waals surface area contributed by atoms with Crippen molar-refractivity contribution in [2.45, 2.75) is 19.5 Å². The monoisotopic (exact) mass is 221 g/mol. The number of aromatic nitrogens is 2. The van der Waals surface area contributed by atoms with Crippen molar-refractivity contribution in [2.75, 3.05) is 0 Å². The molecule has 0 aliphatic carbocycles. The molecule has 0 amide bonds. The van der Waals surface area contributed by atoms with Gasteiger partial charge in [0.05, 0.1) is 6.54 Å². The normalized spacial score (nSPS) is 12.9. The van der Waals surface area contributed by atoms with E-state index in [1.54, 1.807) is 11.3 Å². The van der Waals surface area contributed by atoms with Gasteiger partial charge in [-0.05, 0) is 18.4 Å². The van der Waals surface area contributed by atoms with Crippen molar-refractivity contribution < 1.29 is 0 Å². The number of rotatable bonds is 4. The Morgan fingerprint density at radius 1 is 1.60 bits per heavy atom. The minimum Gasteiger partial charge on any atom is -0.337 e. The summed E-state index contributed by atoms with van der Waals surface area (Å²) in [5, 5.41) is 5.56. The highest BCUT2D eigenvalue weighted by atomic mass is 32.1. The summed E-state index contributed by atoms with van der Waals surface area (Å²) in [5.41, 5.74) is 0. The number of nitrogens with zero attached hydrogens (tertiary/aromatic N) is 2. The summed E-state index contributed by atoms with van der Waals surface area (Å²) in [6.45, 7) is 2.98. The van der Waals surface area contributed by atoms with Crippen molar-refractivity contribution in [3.8, 4) is 0 Å². The van der Waals surface area contributed by atoms with E-state index in [0.29, 0.717) is 6.04 Å². The minimum absolute atomic E-state index is 0.390. The molecule has 2 heterocycles. The zero-order chi connectivity index (χ0) is 10.7. The average molecular weight is 221 g/mol. The topological polar surface area (TPSA) is 29.9 Å². The van der Waals surface area contributed by atoms with Gasteiger partial charge in [-0.1, -0.05) is 6.07 Å². The van der Waals surface area contributed by atoms with Gasteiger partial charge in [-0.25, -0.2) is 4.98 Å². The summed E-state index contributed by atoms with van der Waals surface area (Å²) < 4.78 is 2.04. The van der Waals surface area contributed by atoms with Gasteiger partial charge in [0.2, 0.25) is 0 Å². The quantitative estimate of drug-likeness (QED) is 0.858. The van der Waals surface area contributed by atoms with E-state index in [2.05, 4.69) is 34.7 Å². The van der Waals surface area contributed by atoms with Crippen molar-refractivity contribution in [2.24, 2.45) is 7.05 Å². The molecule has 0 saturated carbocycles. The van der Waals surface area contributed by atoms with E-state index < -0.39 is 0 Å². The second-order valence-corrected chi connectivity index (χ2v) is 4.55. The maximum absolute atomic E-state index is 4.27. The first-order chi connectivity index (χ1) is 7.27. The summed E-state index contributed by atoms with van der Waals surface area (Å²) in [6, 6.07) is 4.63. The van der Waals surface area contributed by atoms with Gasteiger partial charge < -0.3 is 9.88 Å². The predicted molar refractivity (Wildman–Crippen MR) is 62.8 cm³/mol. The van der Waals surface area contributed by atoms with Crippen LogP contribution in [0.15, 0.2) is 29.9 Å². The van der Waals surface area contributed by atoms with Gasteiger partial charge in [0, 0.05) is 30.4 Å². The Bertz CT molecular complexity index is 405. The van der Waals surface area contributed by atoms with Crippen LogP contribution < -0.4 is 5.32 Å². The van der Waals surface area contributed by atoms with E-state index in [9.17, 15) is 0 Å². The molecule has 0 aliphatic heterocycles. The zero-order valence-electron chi connectivity index (χ0n) is 8.97. The molecule has 0 fully saturated rings. The second-order valence-electron chi connectivity index (χ2n) is 3.57. The molecule has 2 aromatic heterocycles. The number of hydrogen-bond acceptors (Lipinski definition) is 3. The molecular formula is C11H15N3S. The van der Waals surface area contributed by atoms with Gasteiger partial charge in [-0.2, -0.15) is 0 Å². The number of imidazole rings is 1. The van der Waals surface area contributed by atoms with Gasteiger partial charge in [-0.15, -0.1) is 11.3 Å². The van der Waals surface area contributed by atoms with E-state index in [1.807, 2.05) is 24.0 Å². The standard InChI is InChI=1S/C11H15N3S/c1-9(10-4-3-7-15-10)13-8-11-12-5-6-14(11)2/h3-7,9,13H,8H2,1-2H3/t9-/m0/s1. The molecule has 4 heteroatoms. The van der Waals surface area contributed by atoms with E-state index in [1.165, 1.54) is 4.88 Å². The third-order valence-electron chi connectivity index (χ3n) is 2.46. The van der Waals surface area contributed by atoms with Crippen LogP contribution in [0.3, 0.4) is 0 Å². The van der Waals surface area contributed by atoms with Gasteiger partial charge in [0.25, 0.3) is 0 Å². The zero-order valence-corrected chi connectivity index (χ0v) is 9.79. The van der Waals surface area contributed by atoms with Crippen LogP contribution in [0.4, 0.5) is 0 Å². The predicted octanol–water partition coefficient (Wildman–Crippen LogP) is 2.33. The van der Waals surface area contributed by atoms with E-state index in [-0.39, 0.29) is 0 Å². The highest BCUT2D eigenvalue weighted by molar-refractivity contribution is 7.10. The largest absolute Gasteiger partial charge is 0.337 e. The Morgan fingerprint density at radius 2 is 2.47 bits per heavy atom. The van der Waals surface area contributed by atoms with E-state index in [0.717, 1.165) is 12.4 Å². The van der Waals surface area contributed by atoms with Crippen molar-refractivity contribution in [3.05, 3.63) is 40.6 Å². The fourth-order valence-corrected chi connectivity index (χ4v) is 2.21. The SMILES string of the molecule is C[C@H](NCc1nccn1C)c1cccs1. The summed E-state index contributed by atoms with van der Waals surface area (Å²) in [4.78, 5) is 5.64. The fraction of sp³-hybridized carbons (Fsp3) is 0.364. The first-order valence-corrected chi connectivity index (χ1v) is 5.88. The Kier molecular flexibility index (Phi) is 3.18. The Balaban J connectivity index is 1.91. The molecule has 1 N–H and O–H groups in total. The molecule has 0 aromatic carbocycles.